The van der Waals surface area contributed by atoms with Gasteiger partial charge in [-0.2, -0.15) is 0 Å². The van der Waals surface area contributed by atoms with Crippen LogP contribution in [-0.4, -0.2) is 42.3 Å². The number of phenolic OH excluding ortho intramolecular Hbond substituents is 1. The predicted octanol–water partition coefficient (Wildman–Crippen LogP) is 1.39. The first-order chi connectivity index (χ1) is 12.4. The summed E-state index contributed by atoms with van der Waals surface area (Å²) in [5.74, 6) is -0.974. The highest BCUT2D eigenvalue weighted by atomic mass is 16.5. The Balaban J connectivity index is 2.09. The van der Waals surface area contributed by atoms with Crippen molar-refractivity contribution in [1.82, 2.24) is 10.6 Å². The third-order valence-corrected chi connectivity index (χ3v) is 3.81. The van der Waals surface area contributed by atoms with Gasteiger partial charge in [0.1, 0.15) is 12.4 Å². The number of hydrogen-bond acceptors (Lipinski definition) is 6. The molecule has 0 spiro atoms. The summed E-state index contributed by atoms with van der Waals surface area (Å²) in [5.41, 5.74) is 1.15. The first kappa shape index (κ1) is 19.3. The molecule has 1 aliphatic rings. The van der Waals surface area contributed by atoms with Crippen molar-refractivity contribution in [2.24, 2.45) is 0 Å². The number of nitrogens with one attached hydrogen (secondary N) is 2. The molecule has 0 bridgehead atoms. The van der Waals surface area contributed by atoms with Gasteiger partial charge in [0.05, 0.1) is 30.3 Å². The molecule has 0 aliphatic carbocycles. The average molecular weight is 362 g/mol. The second kappa shape index (κ2) is 8.89. The largest absolute Gasteiger partial charge is 0.508 e. The Morgan fingerprint density at radius 2 is 1.85 bits per heavy atom. The number of amides is 2. The summed E-state index contributed by atoms with van der Waals surface area (Å²) in [4.78, 5) is 36.0. The number of urea groups is 1. The molecule has 1 aromatic carbocycles. The topological polar surface area (TPSA) is 114 Å². The van der Waals surface area contributed by atoms with E-state index in [2.05, 4.69) is 10.6 Å². The van der Waals surface area contributed by atoms with Gasteiger partial charge < -0.3 is 25.2 Å². The van der Waals surface area contributed by atoms with Gasteiger partial charge in [0, 0.05) is 0 Å². The quantitative estimate of drug-likeness (QED) is 0.632. The van der Waals surface area contributed by atoms with Crippen LogP contribution in [0, 0.1) is 0 Å². The standard InChI is InChI=1S/C18H22N2O6/c1-3-13-16(17(23)25-4-2)14(20-18(24)19-13)10-26-15(22)9-11-5-7-12(21)8-6-11/h5-8,13,21H,3-4,9-10H2,1-2H3,(H2,19,20,24)/t13-/m1/s1. The third kappa shape index (κ3) is 4.98. The van der Waals surface area contributed by atoms with Gasteiger partial charge in [-0.25, -0.2) is 9.59 Å². The maximum atomic E-state index is 12.2. The van der Waals surface area contributed by atoms with Crippen LogP contribution in [-0.2, 0) is 25.5 Å². The molecule has 1 aromatic rings. The Kier molecular flexibility index (Phi) is 6.60. The van der Waals surface area contributed by atoms with Gasteiger partial charge >= 0.3 is 18.0 Å². The number of aromatic hydroxyl groups is 1. The van der Waals surface area contributed by atoms with Gasteiger partial charge in [0.15, 0.2) is 0 Å². The van der Waals surface area contributed by atoms with Crippen molar-refractivity contribution in [2.45, 2.75) is 32.7 Å². The van der Waals surface area contributed by atoms with Crippen molar-refractivity contribution in [3.63, 3.8) is 0 Å². The number of esters is 2. The molecule has 8 heteroatoms. The zero-order valence-electron chi connectivity index (χ0n) is 14.7. The first-order valence-corrected chi connectivity index (χ1v) is 8.35. The Bertz CT molecular complexity index is 711. The molecule has 3 N–H and O–H groups in total. The van der Waals surface area contributed by atoms with Crippen LogP contribution in [0.15, 0.2) is 35.5 Å². The minimum absolute atomic E-state index is 0.00566. The first-order valence-electron chi connectivity index (χ1n) is 8.35. The van der Waals surface area contributed by atoms with Crippen molar-refractivity contribution >= 4 is 18.0 Å². The third-order valence-electron chi connectivity index (χ3n) is 3.81. The Hall–Kier alpha value is -3.03. The molecule has 0 saturated heterocycles. The molecule has 0 unspecified atom stereocenters. The van der Waals surface area contributed by atoms with Crippen LogP contribution >= 0.6 is 0 Å². The summed E-state index contributed by atoms with van der Waals surface area (Å²) < 4.78 is 10.2. The molecule has 0 radical (unpaired) electrons. The van der Waals surface area contributed by atoms with Crippen LogP contribution in [0.1, 0.15) is 25.8 Å². The second-order valence-corrected chi connectivity index (χ2v) is 5.68. The Labute approximate surface area is 151 Å². The number of ether oxygens (including phenoxy) is 2. The highest BCUT2D eigenvalue weighted by Crippen LogP contribution is 2.18. The monoisotopic (exact) mass is 362 g/mol. The number of carbonyl (C=O) groups excluding carboxylic acids is 3. The van der Waals surface area contributed by atoms with E-state index in [0.29, 0.717) is 12.0 Å². The van der Waals surface area contributed by atoms with E-state index >= 15 is 0 Å². The van der Waals surface area contributed by atoms with E-state index < -0.39 is 24.0 Å². The zero-order valence-corrected chi connectivity index (χ0v) is 14.7. The molecular weight excluding hydrogens is 340 g/mol. The van der Waals surface area contributed by atoms with E-state index in [4.69, 9.17) is 9.47 Å². The number of carbonyl (C=O) groups is 3. The van der Waals surface area contributed by atoms with Gasteiger partial charge in [-0.05, 0) is 31.0 Å². The molecular formula is C18H22N2O6. The maximum absolute atomic E-state index is 12.2. The van der Waals surface area contributed by atoms with Gasteiger partial charge in [-0.15, -0.1) is 0 Å². The molecule has 1 atom stereocenters. The highest BCUT2D eigenvalue weighted by molar-refractivity contribution is 5.94. The van der Waals surface area contributed by atoms with Gasteiger partial charge in [0.2, 0.25) is 0 Å². The fourth-order valence-corrected chi connectivity index (χ4v) is 2.56. The summed E-state index contributed by atoms with van der Waals surface area (Å²) >= 11 is 0. The van der Waals surface area contributed by atoms with Gasteiger partial charge in [0.25, 0.3) is 0 Å². The minimum atomic E-state index is -0.559. The van der Waals surface area contributed by atoms with E-state index in [1.54, 1.807) is 19.1 Å². The molecule has 26 heavy (non-hydrogen) atoms. The van der Waals surface area contributed by atoms with Gasteiger partial charge in [-0.3, -0.25) is 4.79 Å². The van der Waals surface area contributed by atoms with Crippen LogP contribution in [0.2, 0.25) is 0 Å². The van der Waals surface area contributed by atoms with Crippen LogP contribution in [0.25, 0.3) is 0 Å². The summed E-state index contributed by atoms with van der Waals surface area (Å²) in [7, 11) is 0. The molecule has 1 heterocycles. The maximum Gasteiger partial charge on any atom is 0.338 e. The van der Waals surface area contributed by atoms with Crippen molar-refractivity contribution < 1.29 is 29.0 Å². The smallest absolute Gasteiger partial charge is 0.338 e. The lowest BCUT2D eigenvalue weighted by atomic mass is 10.0. The average Bonchev–Trinajstić information content (AvgIpc) is 2.61. The fraction of sp³-hybridized carbons (Fsp3) is 0.389. The molecule has 0 aromatic heterocycles. The molecule has 8 nitrogen and oxygen atoms in total. The summed E-state index contributed by atoms with van der Waals surface area (Å²) in [6, 6.07) is 5.20. The van der Waals surface area contributed by atoms with E-state index in [1.807, 2.05) is 6.92 Å². The molecule has 1 aliphatic heterocycles. The summed E-state index contributed by atoms with van der Waals surface area (Å²) in [6.07, 6.45) is 0.498. The minimum Gasteiger partial charge on any atom is -0.508 e. The zero-order chi connectivity index (χ0) is 19.1. The molecule has 0 fully saturated rings. The number of rotatable bonds is 7. The molecule has 140 valence electrons. The van der Waals surface area contributed by atoms with Crippen molar-refractivity contribution in [3.05, 3.63) is 41.1 Å². The summed E-state index contributed by atoms with van der Waals surface area (Å²) in [6.45, 7) is 3.46. The van der Waals surface area contributed by atoms with Crippen LogP contribution in [0.4, 0.5) is 4.79 Å². The van der Waals surface area contributed by atoms with Crippen LogP contribution in [0.5, 0.6) is 5.75 Å². The van der Waals surface area contributed by atoms with Crippen LogP contribution < -0.4 is 10.6 Å². The Morgan fingerprint density at radius 3 is 2.46 bits per heavy atom. The van der Waals surface area contributed by atoms with E-state index in [1.165, 1.54) is 12.1 Å². The van der Waals surface area contributed by atoms with Crippen LogP contribution in [0.3, 0.4) is 0 Å². The number of hydrogen-bond donors (Lipinski definition) is 3. The SMILES string of the molecule is CCOC(=O)C1=C(COC(=O)Cc2ccc(O)cc2)NC(=O)N[C@@H]1CC. The van der Waals surface area contributed by atoms with Crippen molar-refractivity contribution in [1.29, 1.82) is 0 Å². The predicted molar refractivity (Wildman–Crippen MR) is 92.2 cm³/mol. The molecule has 0 saturated carbocycles. The Morgan fingerprint density at radius 1 is 1.15 bits per heavy atom. The summed E-state index contributed by atoms with van der Waals surface area (Å²) in [5, 5.41) is 14.4. The highest BCUT2D eigenvalue weighted by Gasteiger charge is 2.31. The lowest BCUT2D eigenvalue weighted by Gasteiger charge is -2.28. The second-order valence-electron chi connectivity index (χ2n) is 5.68. The lowest BCUT2D eigenvalue weighted by Crippen LogP contribution is -2.51. The number of phenols is 1. The lowest BCUT2D eigenvalue weighted by molar-refractivity contribution is -0.143. The van der Waals surface area contributed by atoms with E-state index in [0.717, 1.165) is 0 Å². The fourth-order valence-electron chi connectivity index (χ4n) is 2.56. The van der Waals surface area contributed by atoms with E-state index in [9.17, 15) is 19.5 Å². The van der Waals surface area contributed by atoms with Crippen molar-refractivity contribution in [3.8, 4) is 5.75 Å². The molecule has 2 rings (SSSR count). The normalized spacial score (nSPS) is 16.5. The van der Waals surface area contributed by atoms with E-state index in [-0.39, 0.29) is 36.7 Å². The molecule has 2 amide bonds. The number of benzene rings is 1. The van der Waals surface area contributed by atoms with Gasteiger partial charge in [-0.1, -0.05) is 19.1 Å². The van der Waals surface area contributed by atoms with Crippen molar-refractivity contribution in [2.75, 3.05) is 13.2 Å².